The average Bonchev–Trinajstić information content (AvgIpc) is 2.75. The van der Waals surface area contributed by atoms with Gasteiger partial charge < -0.3 is 15.3 Å². The summed E-state index contributed by atoms with van der Waals surface area (Å²) in [5, 5.41) is 12.1. The molecule has 0 aromatic heterocycles. The number of likely N-dealkylation sites (tertiary alicyclic amines) is 1. The topological polar surface area (TPSA) is 69.6 Å². The number of carboxylic acids is 1. The minimum atomic E-state index is -0.945. The zero-order valence-corrected chi connectivity index (χ0v) is 13.9. The maximum Gasteiger partial charge on any atom is 0.326 e. The Kier molecular flexibility index (Phi) is 4.56. The first kappa shape index (κ1) is 15.8. The van der Waals surface area contributed by atoms with Crippen LogP contribution in [0.2, 0.25) is 0 Å². The lowest BCUT2D eigenvalue weighted by molar-refractivity contribution is -0.142. The quantitative estimate of drug-likeness (QED) is 0.854. The van der Waals surface area contributed by atoms with E-state index in [-0.39, 0.29) is 11.9 Å². The third kappa shape index (κ3) is 3.20. The summed E-state index contributed by atoms with van der Waals surface area (Å²) in [6.07, 6.45) is 0.711. The Labute approximate surface area is 132 Å². The van der Waals surface area contributed by atoms with Crippen molar-refractivity contribution in [2.75, 3.05) is 11.9 Å². The number of carboxylic acid groups (broad SMARTS) is 1. The minimum Gasteiger partial charge on any atom is -0.480 e. The highest BCUT2D eigenvalue weighted by Gasteiger charge is 2.39. The third-order valence-electron chi connectivity index (χ3n) is 3.94. The molecule has 1 fully saturated rings. The van der Waals surface area contributed by atoms with Crippen molar-refractivity contribution in [3.63, 3.8) is 0 Å². The summed E-state index contributed by atoms with van der Waals surface area (Å²) in [5.41, 5.74) is 2.62. The summed E-state index contributed by atoms with van der Waals surface area (Å²) in [6, 6.07) is 2.75. The number of halogens is 1. The van der Waals surface area contributed by atoms with Crippen LogP contribution in [0.3, 0.4) is 0 Å². The van der Waals surface area contributed by atoms with E-state index >= 15 is 0 Å². The van der Waals surface area contributed by atoms with E-state index in [4.69, 9.17) is 0 Å². The van der Waals surface area contributed by atoms with Crippen molar-refractivity contribution >= 4 is 33.6 Å². The van der Waals surface area contributed by atoms with Crippen LogP contribution >= 0.6 is 15.9 Å². The molecule has 1 aromatic carbocycles. The zero-order chi connectivity index (χ0) is 15.7. The molecule has 2 atom stereocenters. The molecule has 0 radical (unpaired) electrons. The largest absolute Gasteiger partial charge is 0.480 e. The van der Waals surface area contributed by atoms with Gasteiger partial charge in [0.15, 0.2) is 0 Å². The van der Waals surface area contributed by atoms with E-state index in [0.29, 0.717) is 13.0 Å². The summed E-state index contributed by atoms with van der Waals surface area (Å²) < 4.78 is 0.953. The van der Waals surface area contributed by atoms with Gasteiger partial charge in [0, 0.05) is 16.7 Å². The number of aliphatic carboxylic acids is 1. The smallest absolute Gasteiger partial charge is 0.326 e. The van der Waals surface area contributed by atoms with Gasteiger partial charge in [-0.2, -0.15) is 0 Å². The summed E-state index contributed by atoms with van der Waals surface area (Å²) in [7, 11) is 0. The van der Waals surface area contributed by atoms with Gasteiger partial charge in [-0.25, -0.2) is 9.59 Å². The molecule has 2 amide bonds. The Hall–Kier alpha value is -1.56. The lowest BCUT2D eigenvalue weighted by atomic mass is 10.0. The van der Waals surface area contributed by atoms with Crippen molar-refractivity contribution in [1.82, 2.24) is 4.90 Å². The van der Waals surface area contributed by atoms with Gasteiger partial charge in [-0.05, 0) is 49.4 Å². The number of hydrogen-bond acceptors (Lipinski definition) is 2. The number of nitrogens with zero attached hydrogens (tertiary/aromatic N) is 1. The van der Waals surface area contributed by atoms with Gasteiger partial charge in [-0.1, -0.05) is 22.9 Å². The molecule has 1 saturated heterocycles. The number of aryl methyl sites for hydroxylation is 2. The van der Waals surface area contributed by atoms with Gasteiger partial charge in [-0.3, -0.25) is 0 Å². The van der Waals surface area contributed by atoms with Gasteiger partial charge in [0.25, 0.3) is 0 Å². The Bertz CT molecular complexity index is 565. The maximum absolute atomic E-state index is 12.4. The molecular formula is C15H19BrN2O3. The maximum atomic E-state index is 12.4. The van der Waals surface area contributed by atoms with Crippen LogP contribution in [-0.2, 0) is 4.79 Å². The Morgan fingerprint density at radius 2 is 1.90 bits per heavy atom. The van der Waals surface area contributed by atoms with E-state index in [2.05, 4.69) is 21.2 Å². The van der Waals surface area contributed by atoms with Crippen molar-refractivity contribution < 1.29 is 14.7 Å². The van der Waals surface area contributed by atoms with Crippen LogP contribution in [0.25, 0.3) is 0 Å². The Morgan fingerprint density at radius 1 is 1.33 bits per heavy atom. The molecule has 21 heavy (non-hydrogen) atoms. The number of amides is 2. The molecule has 114 valence electrons. The molecule has 0 saturated carbocycles. The summed E-state index contributed by atoms with van der Waals surface area (Å²) in [5.74, 6) is -0.972. The van der Waals surface area contributed by atoms with Crippen molar-refractivity contribution in [2.45, 2.75) is 33.2 Å². The van der Waals surface area contributed by atoms with E-state index in [1.807, 2.05) is 32.9 Å². The van der Waals surface area contributed by atoms with E-state index in [0.717, 1.165) is 21.3 Å². The van der Waals surface area contributed by atoms with Crippen LogP contribution in [0, 0.1) is 19.8 Å². The number of carbonyl (C=O) groups excluding carboxylic acids is 1. The number of carbonyl (C=O) groups is 2. The Morgan fingerprint density at radius 3 is 2.43 bits per heavy atom. The van der Waals surface area contributed by atoms with Gasteiger partial charge in [0.2, 0.25) is 0 Å². The van der Waals surface area contributed by atoms with Crippen molar-refractivity contribution in [3.8, 4) is 0 Å². The van der Waals surface area contributed by atoms with Crippen LogP contribution in [0.15, 0.2) is 16.6 Å². The molecule has 0 spiro atoms. The molecule has 2 N–H and O–H groups in total. The summed E-state index contributed by atoms with van der Waals surface area (Å²) in [4.78, 5) is 25.1. The monoisotopic (exact) mass is 354 g/mol. The van der Waals surface area contributed by atoms with Gasteiger partial charge in [0.05, 0.1) is 0 Å². The lowest BCUT2D eigenvalue weighted by Gasteiger charge is -2.24. The molecule has 0 bridgehead atoms. The van der Waals surface area contributed by atoms with Crippen LogP contribution < -0.4 is 5.32 Å². The predicted octanol–water partition coefficient (Wildman–Crippen LogP) is 3.39. The second-order valence-corrected chi connectivity index (χ2v) is 6.50. The minimum absolute atomic E-state index is 0.0274. The first-order valence-electron chi connectivity index (χ1n) is 6.88. The van der Waals surface area contributed by atoms with Crippen molar-refractivity contribution in [2.24, 2.45) is 5.92 Å². The SMILES string of the molecule is Cc1cc(Br)cc(C)c1NC(=O)N1CCC(C)C1C(=O)O. The number of anilines is 1. The number of benzene rings is 1. The standard InChI is InChI=1S/C15H19BrN2O3/c1-8-4-5-18(13(8)14(19)20)15(21)17-12-9(2)6-11(16)7-10(12)3/h6-8,13H,4-5H2,1-3H3,(H,17,21)(H,19,20). The fraction of sp³-hybridized carbons (Fsp3) is 0.467. The molecule has 2 rings (SSSR count). The molecule has 0 aliphatic carbocycles. The van der Waals surface area contributed by atoms with E-state index < -0.39 is 12.0 Å². The Balaban J connectivity index is 2.21. The van der Waals surface area contributed by atoms with Gasteiger partial charge >= 0.3 is 12.0 Å². The second kappa shape index (κ2) is 6.05. The van der Waals surface area contributed by atoms with E-state index in [9.17, 15) is 14.7 Å². The van der Waals surface area contributed by atoms with Gasteiger partial charge in [0.1, 0.15) is 6.04 Å². The average molecular weight is 355 g/mol. The normalized spacial score (nSPS) is 21.4. The number of nitrogens with one attached hydrogen (secondary N) is 1. The van der Waals surface area contributed by atoms with E-state index in [1.54, 1.807) is 0 Å². The molecule has 1 aromatic rings. The summed E-state index contributed by atoms with van der Waals surface area (Å²) in [6.45, 7) is 6.16. The fourth-order valence-corrected chi connectivity index (χ4v) is 3.52. The number of urea groups is 1. The summed E-state index contributed by atoms with van der Waals surface area (Å²) >= 11 is 3.42. The molecular weight excluding hydrogens is 336 g/mol. The second-order valence-electron chi connectivity index (χ2n) is 5.59. The van der Waals surface area contributed by atoms with Crippen LogP contribution in [0.1, 0.15) is 24.5 Å². The highest BCUT2D eigenvalue weighted by molar-refractivity contribution is 9.10. The third-order valence-corrected chi connectivity index (χ3v) is 4.40. The molecule has 1 aliphatic heterocycles. The van der Waals surface area contributed by atoms with Crippen LogP contribution in [-0.4, -0.2) is 34.6 Å². The lowest BCUT2D eigenvalue weighted by Crippen LogP contribution is -2.45. The van der Waals surface area contributed by atoms with Crippen molar-refractivity contribution in [3.05, 3.63) is 27.7 Å². The highest BCUT2D eigenvalue weighted by atomic mass is 79.9. The van der Waals surface area contributed by atoms with Gasteiger partial charge in [-0.15, -0.1) is 0 Å². The fourth-order valence-electron chi connectivity index (χ4n) is 2.84. The molecule has 1 aliphatic rings. The first-order valence-corrected chi connectivity index (χ1v) is 7.67. The molecule has 2 unspecified atom stereocenters. The predicted molar refractivity (Wildman–Crippen MR) is 84.5 cm³/mol. The van der Waals surface area contributed by atoms with Crippen molar-refractivity contribution in [1.29, 1.82) is 0 Å². The van der Waals surface area contributed by atoms with Crippen LogP contribution in [0.5, 0.6) is 0 Å². The highest BCUT2D eigenvalue weighted by Crippen LogP contribution is 2.28. The van der Waals surface area contributed by atoms with E-state index in [1.165, 1.54) is 4.90 Å². The van der Waals surface area contributed by atoms with Crippen LogP contribution in [0.4, 0.5) is 10.5 Å². The zero-order valence-electron chi connectivity index (χ0n) is 12.3. The number of rotatable bonds is 2. The molecule has 1 heterocycles. The molecule has 5 nitrogen and oxygen atoms in total. The molecule has 6 heteroatoms. The first-order chi connectivity index (χ1) is 9.81. The number of hydrogen-bond donors (Lipinski definition) is 2.